The Labute approximate surface area is 108 Å². The van der Waals surface area contributed by atoms with Crippen molar-refractivity contribution in [2.45, 2.75) is 19.8 Å². The number of carbonyl (C=O) groups is 1. The third kappa shape index (κ3) is 2.72. The van der Waals surface area contributed by atoms with Gasteiger partial charge < -0.3 is 10.6 Å². The molecule has 2 N–H and O–H groups in total. The summed E-state index contributed by atoms with van der Waals surface area (Å²) in [6.07, 6.45) is 2.20. The van der Waals surface area contributed by atoms with Crippen LogP contribution in [0.2, 0.25) is 0 Å². The monoisotopic (exact) mass is 242 g/mol. The molecule has 2 rings (SSSR count). The summed E-state index contributed by atoms with van der Waals surface area (Å²) in [6.45, 7) is 4.01. The van der Waals surface area contributed by atoms with Crippen molar-refractivity contribution in [3.63, 3.8) is 0 Å². The molecule has 94 valence electrons. The third-order valence-corrected chi connectivity index (χ3v) is 3.12. The summed E-state index contributed by atoms with van der Waals surface area (Å²) in [6, 6.07) is 5.80. The van der Waals surface area contributed by atoms with Crippen LogP contribution in [-0.2, 0) is 0 Å². The number of carbonyl (C=O) groups excluding carboxylic acids is 1. The van der Waals surface area contributed by atoms with E-state index in [1.807, 2.05) is 30.0 Å². The van der Waals surface area contributed by atoms with Gasteiger partial charge in [0.1, 0.15) is 0 Å². The van der Waals surface area contributed by atoms with Crippen LogP contribution in [0.1, 0.15) is 34.3 Å². The molecule has 1 aliphatic rings. The second-order valence-corrected chi connectivity index (χ2v) is 4.55. The standard InChI is InChI=1S/C15H18N2O/c1-12-6-7-13(5-4-8-16)14(11-12)15(18)17-9-2-3-10-17/h6-7,11H,2-3,8-10,16H2,1H3. The number of aryl methyl sites for hydroxylation is 1. The third-order valence-electron chi connectivity index (χ3n) is 3.12. The van der Waals surface area contributed by atoms with Crippen molar-refractivity contribution in [3.05, 3.63) is 34.9 Å². The zero-order valence-corrected chi connectivity index (χ0v) is 10.7. The molecular weight excluding hydrogens is 224 g/mol. The molecule has 1 aromatic carbocycles. The summed E-state index contributed by atoms with van der Waals surface area (Å²) in [5.74, 6) is 5.89. The highest BCUT2D eigenvalue weighted by Crippen LogP contribution is 2.17. The molecule has 0 aliphatic carbocycles. The molecule has 1 amide bonds. The number of hydrogen-bond donors (Lipinski definition) is 1. The van der Waals surface area contributed by atoms with Crippen molar-refractivity contribution in [1.29, 1.82) is 0 Å². The zero-order valence-electron chi connectivity index (χ0n) is 10.7. The molecule has 0 spiro atoms. The highest BCUT2D eigenvalue weighted by Gasteiger charge is 2.21. The molecule has 0 saturated carbocycles. The predicted molar refractivity (Wildman–Crippen MR) is 72.2 cm³/mol. The minimum absolute atomic E-state index is 0.0949. The Kier molecular flexibility index (Phi) is 4.01. The van der Waals surface area contributed by atoms with E-state index in [4.69, 9.17) is 5.73 Å². The van der Waals surface area contributed by atoms with E-state index in [2.05, 4.69) is 11.8 Å². The van der Waals surface area contributed by atoms with Crippen molar-refractivity contribution in [1.82, 2.24) is 4.90 Å². The van der Waals surface area contributed by atoms with Gasteiger partial charge in [0.25, 0.3) is 5.91 Å². The minimum Gasteiger partial charge on any atom is -0.339 e. The van der Waals surface area contributed by atoms with Crippen molar-refractivity contribution < 1.29 is 4.79 Å². The summed E-state index contributed by atoms with van der Waals surface area (Å²) in [7, 11) is 0. The molecule has 0 atom stereocenters. The number of nitrogens with zero attached hydrogens (tertiary/aromatic N) is 1. The van der Waals surface area contributed by atoms with Crippen LogP contribution in [0, 0.1) is 18.8 Å². The van der Waals surface area contributed by atoms with Gasteiger partial charge in [-0.3, -0.25) is 4.79 Å². The molecule has 3 heteroatoms. The summed E-state index contributed by atoms with van der Waals surface area (Å²) in [5, 5.41) is 0. The largest absolute Gasteiger partial charge is 0.339 e. The van der Waals surface area contributed by atoms with Crippen LogP contribution < -0.4 is 5.73 Å². The first kappa shape index (κ1) is 12.7. The SMILES string of the molecule is Cc1ccc(C#CCN)c(C(=O)N2CCCC2)c1. The van der Waals surface area contributed by atoms with Gasteiger partial charge in [0.05, 0.1) is 12.1 Å². The molecule has 1 aliphatic heterocycles. The Morgan fingerprint density at radius 3 is 2.78 bits per heavy atom. The van der Waals surface area contributed by atoms with Crippen LogP contribution in [0.5, 0.6) is 0 Å². The van der Waals surface area contributed by atoms with Crippen molar-refractivity contribution in [3.8, 4) is 11.8 Å². The van der Waals surface area contributed by atoms with E-state index in [9.17, 15) is 4.79 Å². The van der Waals surface area contributed by atoms with E-state index in [0.29, 0.717) is 12.1 Å². The first-order chi connectivity index (χ1) is 8.72. The van der Waals surface area contributed by atoms with E-state index >= 15 is 0 Å². The van der Waals surface area contributed by atoms with Crippen LogP contribution in [0.25, 0.3) is 0 Å². The topological polar surface area (TPSA) is 46.3 Å². The lowest BCUT2D eigenvalue weighted by Gasteiger charge is -2.16. The lowest BCUT2D eigenvalue weighted by molar-refractivity contribution is 0.0792. The number of likely N-dealkylation sites (tertiary alicyclic amines) is 1. The Balaban J connectivity index is 2.34. The Morgan fingerprint density at radius 1 is 1.39 bits per heavy atom. The second-order valence-electron chi connectivity index (χ2n) is 4.55. The molecule has 0 unspecified atom stereocenters. The van der Waals surface area contributed by atoms with Crippen LogP contribution in [0.4, 0.5) is 0 Å². The zero-order chi connectivity index (χ0) is 13.0. The fourth-order valence-corrected chi connectivity index (χ4v) is 2.18. The fourth-order valence-electron chi connectivity index (χ4n) is 2.18. The van der Waals surface area contributed by atoms with Crippen molar-refractivity contribution in [2.24, 2.45) is 5.73 Å². The summed E-state index contributed by atoms with van der Waals surface area (Å²) in [5.41, 5.74) is 7.95. The van der Waals surface area contributed by atoms with E-state index in [0.717, 1.165) is 37.1 Å². The summed E-state index contributed by atoms with van der Waals surface area (Å²) in [4.78, 5) is 14.3. The normalized spacial score (nSPS) is 14.2. The Bertz CT molecular complexity index is 505. The highest BCUT2D eigenvalue weighted by molar-refractivity contribution is 5.97. The van der Waals surface area contributed by atoms with Gasteiger partial charge in [0.15, 0.2) is 0 Å². The lowest BCUT2D eigenvalue weighted by atomic mass is 10.0. The number of hydrogen-bond acceptors (Lipinski definition) is 2. The summed E-state index contributed by atoms with van der Waals surface area (Å²) >= 11 is 0. The number of benzene rings is 1. The molecule has 0 bridgehead atoms. The molecule has 18 heavy (non-hydrogen) atoms. The Morgan fingerprint density at radius 2 is 2.11 bits per heavy atom. The van der Waals surface area contributed by atoms with Crippen LogP contribution >= 0.6 is 0 Å². The maximum atomic E-state index is 12.4. The van der Waals surface area contributed by atoms with E-state index in [1.165, 1.54) is 0 Å². The van der Waals surface area contributed by atoms with Crippen LogP contribution in [0.15, 0.2) is 18.2 Å². The van der Waals surface area contributed by atoms with Crippen molar-refractivity contribution >= 4 is 5.91 Å². The molecule has 3 nitrogen and oxygen atoms in total. The van der Waals surface area contributed by atoms with E-state index < -0.39 is 0 Å². The predicted octanol–water partition coefficient (Wildman–Crippen LogP) is 1.54. The number of nitrogens with two attached hydrogens (primary N) is 1. The van der Waals surface area contributed by atoms with Gasteiger partial charge in [-0.1, -0.05) is 23.5 Å². The molecule has 0 aromatic heterocycles. The minimum atomic E-state index is 0.0949. The van der Waals surface area contributed by atoms with Crippen molar-refractivity contribution in [2.75, 3.05) is 19.6 Å². The van der Waals surface area contributed by atoms with Gasteiger partial charge in [0.2, 0.25) is 0 Å². The molecular formula is C15H18N2O. The van der Waals surface area contributed by atoms with Gasteiger partial charge in [-0.15, -0.1) is 0 Å². The fraction of sp³-hybridized carbons (Fsp3) is 0.400. The van der Waals surface area contributed by atoms with Crippen LogP contribution in [0.3, 0.4) is 0 Å². The Hall–Kier alpha value is -1.79. The second kappa shape index (κ2) is 5.70. The number of amides is 1. The molecule has 1 heterocycles. The lowest BCUT2D eigenvalue weighted by Crippen LogP contribution is -2.28. The maximum Gasteiger partial charge on any atom is 0.255 e. The van der Waals surface area contributed by atoms with E-state index in [-0.39, 0.29) is 5.91 Å². The molecule has 1 fully saturated rings. The maximum absolute atomic E-state index is 12.4. The first-order valence-corrected chi connectivity index (χ1v) is 6.31. The molecule has 1 saturated heterocycles. The first-order valence-electron chi connectivity index (χ1n) is 6.31. The molecule has 1 aromatic rings. The molecule has 0 radical (unpaired) electrons. The van der Waals surface area contributed by atoms with Crippen LogP contribution in [-0.4, -0.2) is 30.4 Å². The van der Waals surface area contributed by atoms with E-state index in [1.54, 1.807) is 0 Å². The van der Waals surface area contributed by atoms with Gasteiger partial charge in [-0.25, -0.2) is 0 Å². The smallest absolute Gasteiger partial charge is 0.255 e. The van der Waals surface area contributed by atoms with Gasteiger partial charge in [0, 0.05) is 18.7 Å². The average molecular weight is 242 g/mol. The number of rotatable bonds is 1. The van der Waals surface area contributed by atoms with Gasteiger partial charge in [-0.2, -0.15) is 0 Å². The van der Waals surface area contributed by atoms with Gasteiger partial charge >= 0.3 is 0 Å². The highest BCUT2D eigenvalue weighted by atomic mass is 16.2. The summed E-state index contributed by atoms with van der Waals surface area (Å²) < 4.78 is 0. The van der Waals surface area contributed by atoms with Gasteiger partial charge in [-0.05, 0) is 31.9 Å². The average Bonchev–Trinajstić information content (AvgIpc) is 2.90. The quantitative estimate of drug-likeness (QED) is 0.759.